The lowest BCUT2D eigenvalue weighted by Crippen LogP contribution is -2.22. The molecule has 5 heteroatoms. The van der Waals surface area contributed by atoms with Crippen molar-refractivity contribution >= 4 is 28.1 Å². The summed E-state index contributed by atoms with van der Waals surface area (Å²) < 4.78 is 4.38. The first kappa shape index (κ1) is 15.9. The van der Waals surface area contributed by atoms with Crippen LogP contribution in [-0.2, 0) is 6.54 Å². The number of fused-ring (bicyclic) bond motifs is 1. The van der Waals surface area contributed by atoms with E-state index >= 15 is 0 Å². The molecule has 0 bridgehead atoms. The second kappa shape index (κ2) is 6.35. The van der Waals surface area contributed by atoms with Crippen LogP contribution in [0.15, 0.2) is 41.5 Å². The molecule has 0 unspecified atom stereocenters. The number of benzene rings is 1. The molecule has 4 nitrogen and oxygen atoms in total. The van der Waals surface area contributed by atoms with Gasteiger partial charge in [-0.3, -0.25) is 4.79 Å². The van der Waals surface area contributed by atoms with E-state index in [1.54, 1.807) is 9.08 Å². The Morgan fingerprint density at radius 1 is 1.17 bits per heavy atom. The van der Waals surface area contributed by atoms with Crippen molar-refractivity contribution in [2.45, 2.75) is 45.1 Å². The van der Waals surface area contributed by atoms with Crippen LogP contribution in [0, 0.1) is 10.5 Å². The SMILES string of the molecule is Cc1nn2ccn(Cc3ccc(C4CCCC4)cc3)c(=O)c2c1I. The van der Waals surface area contributed by atoms with Gasteiger partial charge in [-0.25, -0.2) is 4.52 Å². The summed E-state index contributed by atoms with van der Waals surface area (Å²) in [6.07, 6.45) is 9.01. The van der Waals surface area contributed by atoms with Crippen LogP contribution < -0.4 is 5.56 Å². The Morgan fingerprint density at radius 2 is 1.88 bits per heavy atom. The summed E-state index contributed by atoms with van der Waals surface area (Å²) in [5.41, 5.74) is 4.18. The van der Waals surface area contributed by atoms with Crippen molar-refractivity contribution in [3.05, 3.63) is 67.4 Å². The van der Waals surface area contributed by atoms with E-state index in [0.29, 0.717) is 12.1 Å². The molecule has 1 aromatic carbocycles. The molecular weight excluding hydrogens is 413 g/mol. The lowest BCUT2D eigenvalue weighted by Gasteiger charge is -2.11. The van der Waals surface area contributed by atoms with Gasteiger partial charge in [0.25, 0.3) is 5.56 Å². The van der Waals surface area contributed by atoms with E-state index in [4.69, 9.17) is 0 Å². The second-order valence-electron chi connectivity index (χ2n) is 6.65. The van der Waals surface area contributed by atoms with Gasteiger partial charge >= 0.3 is 0 Å². The van der Waals surface area contributed by atoms with E-state index < -0.39 is 0 Å². The Kier molecular flexibility index (Phi) is 4.20. The first-order valence-electron chi connectivity index (χ1n) is 8.46. The van der Waals surface area contributed by atoms with E-state index in [0.717, 1.165) is 20.7 Å². The molecule has 4 rings (SSSR count). The van der Waals surface area contributed by atoms with Gasteiger partial charge in [-0.2, -0.15) is 5.10 Å². The summed E-state index contributed by atoms with van der Waals surface area (Å²) in [6.45, 7) is 2.53. The maximum absolute atomic E-state index is 12.7. The summed E-state index contributed by atoms with van der Waals surface area (Å²) in [5, 5.41) is 4.37. The Hall–Kier alpha value is -1.63. The van der Waals surface area contributed by atoms with Gasteiger partial charge in [0, 0.05) is 12.4 Å². The summed E-state index contributed by atoms with van der Waals surface area (Å²) in [6, 6.07) is 8.80. The van der Waals surface area contributed by atoms with Gasteiger partial charge in [-0.1, -0.05) is 37.1 Å². The maximum Gasteiger partial charge on any atom is 0.277 e. The highest BCUT2D eigenvalue weighted by molar-refractivity contribution is 14.1. The number of halogens is 1. The summed E-state index contributed by atoms with van der Waals surface area (Å²) in [7, 11) is 0. The molecule has 1 fully saturated rings. The van der Waals surface area contributed by atoms with Gasteiger partial charge in [0.1, 0.15) is 5.52 Å². The van der Waals surface area contributed by atoms with E-state index in [9.17, 15) is 4.79 Å². The van der Waals surface area contributed by atoms with Gasteiger partial charge in [0.15, 0.2) is 0 Å². The minimum Gasteiger partial charge on any atom is -0.308 e. The highest BCUT2D eigenvalue weighted by Gasteiger charge is 2.17. The fourth-order valence-electron chi connectivity index (χ4n) is 3.65. The molecule has 2 heterocycles. The van der Waals surface area contributed by atoms with E-state index in [1.165, 1.54) is 31.2 Å². The normalized spacial score (nSPS) is 15.4. The first-order chi connectivity index (χ1) is 11.6. The molecule has 0 spiro atoms. The molecule has 1 aliphatic carbocycles. The Balaban J connectivity index is 1.63. The molecule has 0 saturated heterocycles. The second-order valence-corrected chi connectivity index (χ2v) is 7.73. The number of aromatic nitrogens is 3. The molecule has 3 aromatic rings. The van der Waals surface area contributed by atoms with Crippen LogP contribution in [0.2, 0.25) is 0 Å². The van der Waals surface area contributed by atoms with Crippen molar-refractivity contribution in [1.82, 2.24) is 14.2 Å². The average molecular weight is 433 g/mol. The number of hydrogen-bond donors (Lipinski definition) is 0. The monoisotopic (exact) mass is 433 g/mol. The fourth-order valence-corrected chi connectivity index (χ4v) is 4.24. The lowest BCUT2D eigenvalue weighted by molar-refractivity contribution is 0.718. The Bertz CT molecular complexity index is 934. The molecule has 0 atom stereocenters. The summed E-state index contributed by atoms with van der Waals surface area (Å²) in [4.78, 5) is 12.7. The third-order valence-electron chi connectivity index (χ3n) is 5.02. The van der Waals surface area contributed by atoms with Crippen molar-refractivity contribution in [1.29, 1.82) is 0 Å². The molecule has 0 N–H and O–H groups in total. The summed E-state index contributed by atoms with van der Waals surface area (Å²) in [5.74, 6) is 0.731. The predicted octanol–water partition coefficient (Wildman–Crippen LogP) is 4.11. The highest BCUT2D eigenvalue weighted by Crippen LogP contribution is 2.33. The number of hydrogen-bond acceptors (Lipinski definition) is 2. The van der Waals surface area contributed by atoms with E-state index in [1.807, 2.05) is 19.3 Å². The average Bonchev–Trinajstić information content (AvgIpc) is 3.21. The van der Waals surface area contributed by atoms with Crippen molar-refractivity contribution in [2.75, 3.05) is 0 Å². The number of rotatable bonds is 3. The predicted molar refractivity (Wildman–Crippen MR) is 104 cm³/mol. The topological polar surface area (TPSA) is 39.3 Å². The third-order valence-corrected chi connectivity index (χ3v) is 6.31. The van der Waals surface area contributed by atoms with Gasteiger partial charge in [-0.05, 0) is 59.4 Å². The largest absolute Gasteiger partial charge is 0.308 e. The van der Waals surface area contributed by atoms with Crippen LogP contribution in [0.3, 0.4) is 0 Å². The van der Waals surface area contributed by atoms with Crippen molar-refractivity contribution < 1.29 is 0 Å². The van der Waals surface area contributed by atoms with Gasteiger partial charge in [-0.15, -0.1) is 0 Å². The van der Waals surface area contributed by atoms with Crippen LogP contribution in [0.25, 0.3) is 5.52 Å². The molecule has 24 heavy (non-hydrogen) atoms. The van der Waals surface area contributed by atoms with Crippen LogP contribution in [0.4, 0.5) is 0 Å². The molecule has 0 amide bonds. The number of aryl methyl sites for hydroxylation is 1. The van der Waals surface area contributed by atoms with Crippen LogP contribution in [-0.4, -0.2) is 14.2 Å². The van der Waals surface area contributed by atoms with Crippen molar-refractivity contribution in [2.24, 2.45) is 0 Å². The standard InChI is InChI=1S/C19H20IN3O/c1-13-17(20)18-19(24)22(10-11-23(18)21-13)12-14-6-8-16(9-7-14)15-4-2-3-5-15/h6-11,15H,2-5,12H2,1H3. The van der Waals surface area contributed by atoms with Crippen molar-refractivity contribution in [3.8, 4) is 0 Å². The molecule has 0 radical (unpaired) electrons. The minimum absolute atomic E-state index is 0.0161. The molecular formula is C19H20IN3O. The Labute approximate surface area is 154 Å². The van der Waals surface area contributed by atoms with E-state index in [2.05, 4.69) is 52.0 Å². The van der Waals surface area contributed by atoms with E-state index in [-0.39, 0.29) is 5.56 Å². The lowest BCUT2D eigenvalue weighted by atomic mass is 9.97. The Morgan fingerprint density at radius 3 is 2.58 bits per heavy atom. The van der Waals surface area contributed by atoms with Gasteiger partial charge < -0.3 is 4.57 Å². The molecule has 2 aromatic heterocycles. The van der Waals surface area contributed by atoms with Gasteiger partial charge in [0.2, 0.25) is 0 Å². The molecule has 1 aliphatic rings. The van der Waals surface area contributed by atoms with Crippen LogP contribution >= 0.6 is 22.6 Å². The molecule has 124 valence electrons. The quantitative estimate of drug-likeness (QED) is 0.584. The zero-order chi connectivity index (χ0) is 16.7. The van der Waals surface area contributed by atoms with Crippen molar-refractivity contribution in [3.63, 3.8) is 0 Å². The first-order valence-corrected chi connectivity index (χ1v) is 9.54. The van der Waals surface area contributed by atoms with Crippen LogP contribution in [0.1, 0.15) is 48.4 Å². The maximum atomic E-state index is 12.7. The number of nitrogens with zero attached hydrogens (tertiary/aromatic N) is 3. The molecule has 1 saturated carbocycles. The highest BCUT2D eigenvalue weighted by atomic mass is 127. The molecule has 0 aliphatic heterocycles. The zero-order valence-corrected chi connectivity index (χ0v) is 15.9. The minimum atomic E-state index is 0.0161. The summed E-state index contributed by atoms with van der Waals surface area (Å²) >= 11 is 2.20. The van der Waals surface area contributed by atoms with Crippen LogP contribution in [0.5, 0.6) is 0 Å². The van der Waals surface area contributed by atoms with Gasteiger partial charge in [0.05, 0.1) is 15.8 Å². The zero-order valence-electron chi connectivity index (χ0n) is 13.7. The third kappa shape index (κ3) is 2.79. The fraction of sp³-hybridized carbons (Fsp3) is 0.368. The smallest absolute Gasteiger partial charge is 0.277 e.